The Morgan fingerprint density at radius 2 is 0.827 bits per heavy atom. The summed E-state index contributed by atoms with van der Waals surface area (Å²) in [5.74, 6) is -0.602. The van der Waals surface area contributed by atoms with E-state index in [0.717, 1.165) is 70.6 Å². The number of aliphatic hydroxyl groups is 1. The molecule has 0 fully saturated rings. The maximum absolute atomic E-state index is 12.2. The van der Waals surface area contributed by atoms with Crippen LogP contribution < -0.4 is 0 Å². The Morgan fingerprint density at radius 3 is 1.27 bits per heavy atom. The van der Waals surface area contributed by atoms with Crippen molar-refractivity contribution in [3.8, 4) is 0 Å². The zero-order valence-corrected chi connectivity index (χ0v) is 34.1. The molecule has 5 heteroatoms. The first-order chi connectivity index (χ1) is 25.6. The largest absolute Gasteiger partial charge is 0.462 e. The summed E-state index contributed by atoms with van der Waals surface area (Å²) in [7, 11) is 0. The van der Waals surface area contributed by atoms with Crippen LogP contribution in [-0.4, -0.2) is 36.4 Å². The van der Waals surface area contributed by atoms with E-state index in [9.17, 15) is 14.7 Å². The quantitative estimate of drug-likeness (QED) is 0.0388. The third-order valence-corrected chi connectivity index (χ3v) is 9.30. The highest BCUT2D eigenvalue weighted by atomic mass is 16.6. The van der Waals surface area contributed by atoms with Gasteiger partial charge in [-0.3, -0.25) is 9.59 Å². The van der Waals surface area contributed by atoms with Crippen LogP contribution in [-0.2, 0) is 19.1 Å². The summed E-state index contributed by atoms with van der Waals surface area (Å²) in [5.41, 5.74) is 0. The Labute approximate surface area is 321 Å². The lowest BCUT2D eigenvalue weighted by Gasteiger charge is -2.15. The molecule has 1 unspecified atom stereocenters. The van der Waals surface area contributed by atoms with Crippen molar-refractivity contribution in [1.29, 1.82) is 0 Å². The van der Waals surface area contributed by atoms with Gasteiger partial charge in [0.25, 0.3) is 0 Å². The molecular weight excluding hydrogens is 645 g/mol. The maximum atomic E-state index is 12.2. The highest BCUT2D eigenvalue weighted by molar-refractivity contribution is 5.70. The van der Waals surface area contributed by atoms with Gasteiger partial charge in [0.05, 0.1) is 6.61 Å². The third-order valence-electron chi connectivity index (χ3n) is 9.30. The third kappa shape index (κ3) is 40.4. The zero-order valence-electron chi connectivity index (χ0n) is 34.1. The molecule has 0 aromatic heterocycles. The monoisotopic (exact) mass is 727 g/mol. The minimum absolute atomic E-state index is 0.0707. The summed E-state index contributed by atoms with van der Waals surface area (Å²) in [4.78, 5) is 24.3. The van der Waals surface area contributed by atoms with E-state index >= 15 is 0 Å². The molecule has 0 heterocycles. The van der Waals surface area contributed by atoms with Crippen molar-refractivity contribution in [3.05, 3.63) is 60.8 Å². The van der Waals surface area contributed by atoms with Crippen LogP contribution in [0.5, 0.6) is 0 Å². The summed E-state index contributed by atoms with van der Waals surface area (Å²) < 4.78 is 10.6. The molecule has 0 bridgehead atoms. The molecule has 0 amide bonds. The van der Waals surface area contributed by atoms with E-state index in [-0.39, 0.29) is 25.2 Å². The molecule has 0 saturated heterocycles. The van der Waals surface area contributed by atoms with Crippen LogP contribution in [0.3, 0.4) is 0 Å². The first kappa shape index (κ1) is 49.6. The van der Waals surface area contributed by atoms with E-state index in [0.29, 0.717) is 12.8 Å². The van der Waals surface area contributed by atoms with Crippen LogP contribution in [0.2, 0.25) is 0 Å². The molecule has 0 aromatic carbocycles. The van der Waals surface area contributed by atoms with Gasteiger partial charge in [-0.25, -0.2) is 0 Å². The normalized spacial score (nSPS) is 12.8. The van der Waals surface area contributed by atoms with Gasteiger partial charge >= 0.3 is 11.9 Å². The number of hydrogen-bond donors (Lipinski definition) is 1. The minimum Gasteiger partial charge on any atom is -0.462 e. The van der Waals surface area contributed by atoms with E-state index in [1.165, 1.54) is 109 Å². The number of unbranched alkanes of at least 4 members (excludes halogenated alkanes) is 21. The van der Waals surface area contributed by atoms with Crippen LogP contribution >= 0.6 is 0 Å². The molecule has 1 atom stereocenters. The van der Waals surface area contributed by atoms with Gasteiger partial charge in [-0.05, 0) is 70.6 Å². The van der Waals surface area contributed by atoms with Crippen LogP contribution in [0, 0.1) is 0 Å². The number of allylic oxidation sites excluding steroid dienone is 10. The predicted molar refractivity (Wildman–Crippen MR) is 223 cm³/mol. The molecule has 0 rings (SSSR count). The van der Waals surface area contributed by atoms with Gasteiger partial charge in [-0.1, -0.05) is 184 Å². The molecule has 0 aliphatic carbocycles. The molecule has 0 spiro atoms. The lowest BCUT2D eigenvalue weighted by molar-refractivity contribution is -0.161. The van der Waals surface area contributed by atoms with Crippen molar-refractivity contribution >= 4 is 11.9 Å². The lowest BCUT2D eigenvalue weighted by Crippen LogP contribution is -2.28. The standard InChI is InChI=1S/C47H82O5/c1-3-5-7-9-11-13-15-16-17-18-19-20-21-22-23-24-25-26-27-28-29-30-32-34-36-38-40-42-47(50)52-45(43-48)44-51-46(49)41-39-37-35-33-31-14-12-10-8-6-4-2/h5,7,10-13,16-17,19-20,45,48H,3-4,6,8-9,14-15,18,21-44H2,1-2H3/b7-5-,12-10-,13-11-,17-16-,20-19-. The van der Waals surface area contributed by atoms with Crippen molar-refractivity contribution in [3.63, 3.8) is 0 Å². The SMILES string of the molecule is CC/C=C\C/C=C\C/C=C\C/C=C\CCCCCCCCCCCCCCCCC(=O)OC(CO)COC(=O)CCCCCCC/C=C\CCCC. The Bertz CT molecular complexity index is 915. The van der Waals surface area contributed by atoms with E-state index in [2.05, 4.69) is 74.6 Å². The number of ether oxygens (including phenoxy) is 2. The van der Waals surface area contributed by atoms with E-state index in [4.69, 9.17) is 9.47 Å². The van der Waals surface area contributed by atoms with Crippen molar-refractivity contribution < 1.29 is 24.2 Å². The average molecular weight is 727 g/mol. The van der Waals surface area contributed by atoms with Gasteiger partial charge in [0.15, 0.2) is 6.10 Å². The van der Waals surface area contributed by atoms with Crippen molar-refractivity contribution in [2.75, 3.05) is 13.2 Å². The van der Waals surface area contributed by atoms with Crippen LogP contribution in [0.4, 0.5) is 0 Å². The summed E-state index contributed by atoms with van der Waals surface area (Å²) in [5, 5.41) is 9.56. The van der Waals surface area contributed by atoms with Crippen LogP contribution in [0.15, 0.2) is 60.8 Å². The molecule has 52 heavy (non-hydrogen) atoms. The second-order valence-electron chi connectivity index (χ2n) is 14.4. The molecule has 1 N–H and O–H groups in total. The number of carbonyl (C=O) groups is 2. The number of aliphatic hydroxyl groups excluding tert-OH is 1. The fourth-order valence-corrected chi connectivity index (χ4v) is 6.00. The summed E-state index contributed by atoms with van der Waals surface area (Å²) in [6.45, 7) is 3.98. The number of esters is 2. The highest BCUT2D eigenvalue weighted by Gasteiger charge is 2.16. The molecule has 0 aliphatic heterocycles. The number of rotatable bonds is 39. The zero-order chi connectivity index (χ0) is 37.8. The molecule has 0 radical (unpaired) electrons. The molecule has 0 aromatic rings. The summed E-state index contributed by atoms with van der Waals surface area (Å²) in [6, 6.07) is 0. The fourth-order valence-electron chi connectivity index (χ4n) is 6.00. The Hall–Kier alpha value is -2.40. The van der Waals surface area contributed by atoms with Gasteiger partial charge in [0.2, 0.25) is 0 Å². The summed E-state index contributed by atoms with van der Waals surface area (Å²) in [6.07, 6.45) is 55.9. The van der Waals surface area contributed by atoms with E-state index in [1.54, 1.807) is 0 Å². The number of hydrogen-bond acceptors (Lipinski definition) is 5. The van der Waals surface area contributed by atoms with Gasteiger partial charge in [0.1, 0.15) is 6.61 Å². The van der Waals surface area contributed by atoms with Gasteiger partial charge in [-0.2, -0.15) is 0 Å². The average Bonchev–Trinajstić information content (AvgIpc) is 3.15. The van der Waals surface area contributed by atoms with Crippen molar-refractivity contribution in [1.82, 2.24) is 0 Å². The molecule has 0 saturated carbocycles. The first-order valence-electron chi connectivity index (χ1n) is 21.8. The van der Waals surface area contributed by atoms with E-state index in [1.807, 2.05) is 0 Å². The second-order valence-corrected chi connectivity index (χ2v) is 14.4. The van der Waals surface area contributed by atoms with Gasteiger partial charge in [-0.15, -0.1) is 0 Å². The van der Waals surface area contributed by atoms with Crippen molar-refractivity contribution in [2.24, 2.45) is 0 Å². The predicted octanol–water partition coefficient (Wildman–Crippen LogP) is 14.0. The highest BCUT2D eigenvalue weighted by Crippen LogP contribution is 2.15. The molecule has 300 valence electrons. The Kier molecular flexibility index (Phi) is 41.0. The fraction of sp³-hybridized carbons (Fsp3) is 0.745. The summed E-state index contributed by atoms with van der Waals surface area (Å²) >= 11 is 0. The van der Waals surface area contributed by atoms with Crippen LogP contribution in [0.1, 0.15) is 206 Å². The molecular formula is C47H82O5. The van der Waals surface area contributed by atoms with E-state index < -0.39 is 6.10 Å². The topological polar surface area (TPSA) is 72.8 Å². The van der Waals surface area contributed by atoms with Gasteiger partial charge in [0, 0.05) is 12.8 Å². The minimum atomic E-state index is -0.775. The Balaban J connectivity index is 3.49. The van der Waals surface area contributed by atoms with Crippen LogP contribution in [0.25, 0.3) is 0 Å². The molecule has 0 aliphatic rings. The number of carbonyl (C=O) groups excluding carboxylic acids is 2. The molecule has 5 nitrogen and oxygen atoms in total. The lowest BCUT2D eigenvalue weighted by atomic mass is 10.0. The second kappa shape index (κ2) is 43.0. The maximum Gasteiger partial charge on any atom is 0.306 e. The van der Waals surface area contributed by atoms with Crippen molar-refractivity contribution in [2.45, 2.75) is 213 Å². The smallest absolute Gasteiger partial charge is 0.306 e. The first-order valence-corrected chi connectivity index (χ1v) is 21.8. The van der Waals surface area contributed by atoms with Gasteiger partial charge < -0.3 is 14.6 Å². The Morgan fingerprint density at radius 1 is 0.462 bits per heavy atom.